The Kier molecular flexibility index (Phi) is 5.52. The van der Waals surface area contributed by atoms with Gasteiger partial charge in [0.05, 0.1) is 0 Å². The fourth-order valence-corrected chi connectivity index (χ4v) is 4.69. The Morgan fingerprint density at radius 3 is 2.61 bits per heavy atom. The lowest BCUT2D eigenvalue weighted by molar-refractivity contribution is 0.243. The molecule has 0 radical (unpaired) electrons. The van der Waals surface area contributed by atoms with Gasteiger partial charge in [0.2, 0.25) is 0 Å². The van der Waals surface area contributed by atoms with Crippen LogP contribution in [0.2, 0.25) is 0 Å². The number of aliphatic imine (C=N–C) groups is 1. The van der Waals surface area contributed by atoms with Crippen molar-refractivity contribution in [3.8, 4) is 0 Å². The van der Waals surface area contributed by atoms with E-state index in [-0.39, 0.29) is 0 Å². The van der Waals surface area contributed by atoms with Crippen molar-refractivity contribution in [3.05, 3.63) is 35.9 Å². The highest BCUT2D eigenvalue weighted by Crippen LogP contribution is 2.43. The molecule has 3 rings (SSSR count). The SMILES string of the molecule is CN=C(NCC1(c2ccccc2)CCC1)NC1CCC(SC)C1. The van der Waals surface area contributed by atoms with Gasteiger partial charge >= 0.3 is 0 Å². The minimum Gasteiger partial charge on any atom is -0.356 e. The summed E-state index contributed by atoms with van der Waals surface area (Å²) in [6.45, 7) is 0.982. The lowest BCUT2D eigenvalue weighted by atomic mass is 9.64. The molecule has 2 unspecified atom stereocenters. The number of nitrogens with one attached hydrogen (secondary N) is 2. The van der Waals surface area contributed by atoms with Gasteiger partial charge < -0.3 is 10.6 Å². The minimum absolute atomic E-state index is 0.302. The predicted molar refractivity (Wildman–Crippen MR) is 101 cm³/mol. The lowest BCUT2D eigenvalue weighted by Crippen LogP contribution is -2.50. The zero-order chi connectivity index (χ0) is 16.1. The van der Waals surface area contributed by atoms with E-state index in [1.54, 1.807) is 0 Å². The van der Waals surface area contributed by atoms with Crippen LogP contribution in [0.3, 0.4) is 0 Å². The first kappa shape index (κ1) is 16.7. The zero-order valence-electron chi connectivity index (χ0n) is 14.3. The normalized spacial score (nSPS) is 26.6. The number of nitrogens with zero attached hydrogens (tertiary/aromatic N) is 1. The van der Waals surface area contributed by atoms with E-state index in [4.69, 9.17) is 0 Å². The van der Waals surface area contributed by atoms with Crippen LogP contribution >= 0.6 is 11.8 Å². The standard InChI is InChI=1S/C19H29N3S/c1-20-18(22-16-9-10-17(13-16)23-2)21-14-19(11-6-12-19)15-7-4-3-5-8-15/h3-5,7-8,16-17H,6,9-14H2,1-2H3,(H2,20,21,22). The minimum atomic E-state index is 0.302. The largest absolute Gasteiger partial charge is 0.356 e. The van der Waals surface area contributed by atoms with Crippen LogP contribution in [0.4, 0.5) is 0 Å². The van der Waals surface area contributed by atoms with E-state index in [0.29, 0.717) is 11.5 Å². The topological polar surface area (TPSA) is 36.4 Å². The summed E-state index contributed by atoms with van der Waals surface area (Å²) in [4.78, 5) is 4.45. The van der Waals surface area contributed by atoms with Crippen molar-refractivity contribution in [1.82, 2.24) is 10.6 Å². The molecule has 0 heterocycles. The Balaban J connectivity index is 1.55. The Hall–Kier alpha value is -1.16. The lowest BCUT2D eigenvalue weighted by Gasteiger charge is -2.43. The van der Waals surface area contributed by atoms with E-state index in [0.717, 1.165) is 17.8 Å². The predicted octanol–water partition coefficient (Wildman–Crippen LogP) is 3.56. The van der Waals surface area contributed by atoms with Gasteiger partial charge in [-0.15, -0.1) is 0 Å². The van der Waals surface area contributed by atoms with E-state index in [9.17, 15) is 0 Å². The Morgan fingerprint density at radius 1 is 1.26 bits per heavy atom. The number of hydrogen-bond donors (Lipinski definition) is 2. The first-order valence-electron chi connectivity index (χ1n) is 8.81. The van der Waals surface area contributed by atoms with Crippen LogP contribution in [0.5, 0.6) is 0 Å². The van der Waals surface area contributed by atoms with Gasteiger partial charge in [-0.3, -0.25) is 4.99 Å². The van der Waals surface area contributed by atoms with Gasteiger partial charge in [-0.05, 0) is 43.9 Å². The highest BCUT2D eigenvalue weighted by atomic mass is 32.2. The van der Waals surface area contributed by atoms with E-state index < -0.39 is 0 Å². The van der Waals surface area contributed by atoms with Gasteiger partial charge in [0.15, 0.2) is 5.96 Å². The number of benzene rings is 1. The van der Waals surface area contributed by atoms with Crippen molar-refractivity contribution in [3.63, 3.8) is 0 Å². The molecule has 0 aliphatic heterocycles. The summed E-state index contributed by atoms with van der Waals surface area (Å²) in [5.74, 6) is 0.971. The van der Waals surface area contributed by atoms with E-state index in [1.807, 2.05) is 18.8 Å². The molecule has 0 saturated heterocycles. The molecule has 2 N–H and O–H groups in total. The quantitative estimate of drug-likeness (QED) is 0.640. The van der Waals surface area contributed by atoms with Crippen LogP contribution in [0.1, 0.15) is 44.1 Å². The van der Waals surface area contributed by atoms with Gasteiger partial charge in [-0.25, -0.2) is 0 Å². The Bertz CT molecular complexity index is 525. The summed E-state index contributed by atoms with van der Waals surface area (Å²) in [6.07, 6.45) is 9.95. The summed E-state index contributed by atoms with van der Waals surface area (Å²) in [6, 6.07) is 11.5. The maximum Gasteiger partial charge on any atom is 0.191 e. The molecule has 0 amide bonds. The highest BCUT2D eigenvalue weighted by Gasteiger charge is 2.38. The van der Waals surface area contributed by atoms with Gasteiger partial charge in [0.25, 0.3) is 0 Å². The third kappa shape index (κ3) is 3.85. The van der Waals surface area contributed by atoms with Crippen LogP contribution in [0, 0.1) is 0 Å². The Morgan fingerprint density at radius 2 is 2.04 bits per heavy atom. The second-order valence-corrected chi connectivity index (χ2v) is 8.08. The molecule has 2 aliphatic carbocycles. The van der Waals surface area contributed by atoms with Gasteiger partial charge in [-0.1, -0.05) is 36.8 Å². The van der Waals surface area contributed by atoms with Crippen LogP contribution in [0.15, 0.2) is 35.3 Å². The molecule has 1 aromatic rings. The van der Waals surface area contributed by atoms with Gasteiger partial charge in [0, 0.05) is 30.3 Å². The second-order valence-electron chi connectivity index (χ2n) is 6.94. The molecule has 2 aliphatic rings. The van der Waals surface area contributed by atoms with E-state index >= 15 is 0 Å². The maximum absolute atomic E-state index is 4.45. The molecular weight excluding hydrogens is 302 g/mol. The number of hydrogen-bond acceptors (Lipinski definition) is 2. The van der Waals surface area contributed by atoms with Gasteiger partial charge in [-0.2, -0.15) is 11.8 Å². The second kappa shape index (κ2) is 7.61. The molecule has 3 nitrogen and oxygen atoms in total. The fourth-order valence-electron chi connectivity index (χ4n) is 3.89. The summed E-state index contributed by atoms with van der Waals surface area (Å²) >= 11 is 2.00. The Labute approximate surface area is 144 Å². The first-order valence-corrected chi connectivity index (χ1v) is 10.1. The third-order valence-corrected chi connectivity index (χ3v) is 6.67. The first-order chi connectivity index (χ1) is 11.3. The van der Waals surface area contributed by atoms with Crippen LogP contribution < -0.4 is 10.6 Å². The van der Waals surface area contributed by atoms with Gasteiger partial charge in [0.1, 0.15) is 0 Å². The summed E-state index contributed by atoms with van der Waals surface area (Å²) in [7, 11) is 1.88. The van der Waals surface area contributed by atoms with Crippen LogP contribution in [-0.4, -0.2) is 37.1 Å². The monoisotopic (exact) mass is 331 g/mol. The zero-order valence-corrected chi connectivity index (χ0v) is 15.2. The molecule has 0 aromatic heterocycles. The molecule has 1 aromatic carbocycles. The fraction of sp³-hybridized carbons (Fsp3) is 0.632. The van der Waals surface area contributed by atoms with Crippen molar-refractivity contribution in [2.45, 2.75) is 55.2 Å². The van der Waals surface area contributed by atoms with Crippen molar-refractivity contribution in [2.24, 2.45) is 4.99 Å². The molecule has 2 atom stereocenters. The number of thioether (sulfide) groups is 1. The summed E-state index contributed by atoms with van der Waals surface area (Å²) < 4.78 is 0. The third-order valence-electron chi connectivity index (χ3n) is 5.57. The molecule has 4 heteroatoms. The van der Waals surface area contributed by atoms with Crippen molar-refractivity contribution >= 4 is 17.7 Å². The van der Waals surface area contributed by atoms with Crippen LogP contribution in [0.25, 0.3) is 0 Å². The summed E-state index contributed by atoms with van der Waals surface area (Å²) in [5.41, 5.74) is 1.77. The smallest absolute Gasteiger partial charge is 0.191 e. The average molecular weight is 332 g/mol. The molecule has 126 valence electrons. The number of guanidine groups is 1. The van der Waals surface area contributed by atoms with E-state index in [1.165, 1.54) is 44.1 Å². The molecule has 0 spiro atoms. The maximum atomic E-state index is 4.45. The van der Waals surface area contributed by atoms with Crippen molar-refractivity contribution < 1.29 is 0 Å². The van der Waals surface area contributed by atoms with Crippen LogP contribution in [-0.2, 0) is 5.41 Å². The molecule has 23 heavy (non-hydrogen) atoms. The molecule has 2 fully saturated rings. The van der Waals surface area contributed by atoms with E-state index in [2.05, 4.69) is 52.2 Å². The molecule has 0 bridgehead atoms. The van der Waals surface area contributed by atoms with Crippen molar-refractivity contribution in [1.29, 1.82) is 0 Å². The number of rotatable bonds is 5. The average Bonchev–Trinajstić information content (AvgIpc) is 3.01. The highest BCUT2D eigenvalue weighted by molar-refractivity contribution is 7.99. The summed E-state index contributed by atoms with van der Waals surface area (Å²) in [5, 5.41) is 8.04. The van der Waals surface area contributed by atoms with Crippen molar-refractivity contribution in [2.75, 3.05) is 19.8 Å². The molecular formula is C19H29N3S. The molecule has 2 saturated carbocycles.